The highest BCUT2D eigenvalue weighted by Gasteiger charge is 2.42. The van der Waals surface area contributed by atoms with Gasteiger partial charge in [-0.25, -0.2) is 14.4 Å². The minimum Gasteiger partial charge on any atom is -0.353 e. The number of alkyl halides is 4. The predicted octanol–water partition coefficient (Wildman–Crippen LogP) is 7.08. The minimum absolute atomic E-state index is 0.0568. The van der Waals surface area contributed by atoms with Gasteiger partial charge in [0.1, 0.15) is 17.5 Å². The zero-order chi connectivity index (χ0) is 33.6. The van der Waals surface area contributed by atoms with Gasteiger partial charge in [-0.15, -0.1) is 0 Å². The molecule has 1 atom stereocenters. The summed E-state index contributed by atoms with van der Waals surface area (Å²) in [6, 6.07) is 4.51. The molecule has 3 aromatic rings. The summed E-state index contributed by atoms with van der Waals surface area (Å²) < 4.78 is 55.4. The lowest BCUT2D eigenvalue weighted by atomic mass is 9.85. The fourth-order valence-corrected chi connectivity index (χ4v) is 6.29. The Morgan fingerprint density at radius 3 is 2.35 bits per heavy atom. The van der Waals surface area contributed by atoms with E-state index in [1.165, 1.54) is 0 Å². The number of amides is 2. The first-order valence-corrected chi connectivity index (χ1v) is 15.9. The van der Waals surface area contributed by atoms with E-state index >= 15 is 0 Å². The molecule has 250 valence electrons. The number of nitrogens with one attached hydrogen (secondary N) is 3. The van der Waals surface area contributed by atoms with Crippen molar-refractivity contribution < 1.29 is 27.2 Å². The van der Waals surface area contributed by atoms with Gasteiger partial charge in [0, 0.05) is 31.6 Å². The normalized spacial score (nSPS) is 20.7. The van der Waals surface area contributed by atoms with Gasteiger partial charge in [-0.2, -0.15) is 13.2 Å². The van der Waals surface area contributed by atoms with Crippen LogP contribution >= 0.6 is 23.2 Å². The van der Waals surface area contributed by atoms with E-state index in [0.717, 1.165) is 0 Å². The van der Waals surface area contributed by atoms with Crippen LogP contribution in [-0.2, 0) is 18.4 Å². The van der Waals surface area contributed by atoms with Crippen molar-refractivity contribution in [1.82, 2.24) is 25.2 Å². The second kappa shape index (κ2) is 13.1. The van der Waals surface area contributed by atoms with Crippen LogP contribution in [0.5, 0.6) is 0 Å². The van der Waals surface area contributed by atoms with E-state index in [4.69, 9.17) is 28.2 Å². The second-order valence-electron chi connectivity index (χ2n) is 13.0. The Bertz CT molecular complexity index is 1630. The lowest BCUT2D eigenvalue weighted by Crippen LogP contribution is -2.40. The van der Waals surface area contributed by atoms with Gasteiger partial charge >= 0.3 is 6.18 Å². The average Bonchev–Trinajstić information content (AvgIpc) is 3.55. The monoisotopic (exact) mass is 685 g/mol. The number of nitrogens with zero attached hydrogens (tertiary/aromatic N) is 4. The number of anilines is 3. The van der Waals surface area contributed by atoms with E-state index in [2.05, 4.69) is 20.9 Å². The molecule has 0 spiro atoms. The van der Waals surface area contributed by atoms with Crippen LogP contribution in [0.15, 0.2) is 18.2 Å². The maximum atomic E-state index is 14.3. The Kier molecular flexibility index (Phi) is 9.66. The maximum absolute atomic E-state index is 14.3. The largest absolute Gasteiger partial charge is 0.391 e. The molecule has 1 aromatic carbocycles. The number of fused-ring (bicyclic) bond motifs is 1. The molecule has 46 heavy (non-hydrogen) atoms. The zero-order valence-electron chi connectivity index (χ0n) is 26.0. The predicted molar refractivity (Wildman–Crippen MR) is 171 cm³/mol. The van der Waals surface area contributed by atoms with Crippen LogP contribution in [0.1, 0.15) is 68.8 Å². The van der Waals surface area contributed by atoms with E-state index < -0.39 is 35.6 Å². The molecule has 1 saturated heterocycles. The first kappa shape index (κ1) is 34.0. The van der Waals surface area contributed by atoms with Crippen molar-refractivity contribution in [3.05, 3.63) is 39.4 Å². The number of aromatic nitrogens is 3. The lowest BCUT2D eigenvalue weighted by Gasteiger charge is -2.30. The average molecular weight is 687 g/mol. The van der Waals surface area contributed by atoms with Crippen molar-refractivity contribution in [1.29, 1.82) is 0 Å². The molecule has 2 aliphatic rings. The fourth-order valence-electron chi connectivity index (χ4n) is 5.76. The molecule has 5 rings (SSSR count). The van der Waals surface area contributed by atoms with Gasteiger partial charge in [-0.3, -0.25) is 14.2 Å². The van der Waals surface area contributed by atoms with Gasteiger partial charge in [0.25, 0.3) is 5.91 Å². The molecule has 1 aliphatic carbocycles. The molecule has 2 fully saturated rings. The Balaban J connectivity index is 1.43. The molecule has 1 saturated carbocycles. The molecule has 0 unspecified atom stereocenters. The Morgan fingerprint density at radius 2 is 1.74 bits per heavy atom. The Hall–Kier alpha value is -3.32. The maximum Gasteiger partial charge on any atom is 0.391 e. The number of carbonyl (C=O) groups excluding carboxylic acids is 2. The Morgan fingerprint density at radius 1 is 1.04 bits per heavy atom. The van der Waals surface area contributed by atoms with Crippen molar-refractivity contribution >= 4 is 63.6 Å². The summed E-state index contributed by atoms with van der Waals surface area (Å²) in [6.07, 6.45) is -4.76. The van der Waals surface area contributed by atoms with Crippen LogP contribution in [0.3, 0.4) is 0 Å². The summed E-state index contributed by atoms with van der Waals surface area (Å²) >= 11 is 13.2. The molecule has 3 heterocycles. The topological polar surface area (TPSA) is 104 Å². The van der Waals surface area contributed by atoms with Crippen LogP contribution in [0, 0.1) is 11.3 Å². The third-order valence-electron chi connectivity index (χ3n) is 8.55. The lowest BCUT2D eigenvalue weighted by molar-refractivity contribution is -0.182. The molecular weight excluding hydrogens is 649 g/mol. The van der Waals surface area contributed by atoms with E-state index in [1.807, 2.05) is 0 Å². The molecule has 1 aliphatic heterocycles. The number of aryl methyl sites for hydroxylation is 1. The van der Waals surface area contributed by atoms with Crippen LogP contribution < -0.4 is 20.9 Å². The van der Waals surface area contributed by atoms with Crippen molar-refractivity contribution in [3.63, 3.8) is 0 Å². The number of benzene rings is 1. The number of halogens is 6. The van der Waals surface area contributed by atoms with Gasteiger partial charge in [0.05, 0.1) is 33.8 Å². The Labute approximate surface area is 274 Å². The van der Waals surface area contributed by atoms with Gasteiger partial charge < -0.3 is 20.9 Å². The van der Waals surface area contributed by atoms with Crippen LogP contribution in [0.4, 0.5) is 35.0 Å². The quantitative estimate of drug-likeness (QED) is 0.230. The molecule has 9 nitrogen and oxygen atoms in total. The van der Waals surface area contributed by atoms with E-state index in [1.54, 1.807) is 55.5 Å². The highest BCUT2D eigenvalue weighted by Crippen LogP contribution is 2.39. The SMILES string of the molecule is Cn1c(Nc2c(Cl)ccc(CNC(=O)C(C)(C)C)c2Cl)nc2cc(C(=O)NC3CCC(C(F)(F)F)CC3)c(N3CC[C@@H](F)C3)nc21. The van der Waals surface area contributed by atoms with E-state index in [9.17, 15) is 27.2 Å². The molecule has 15 heteroatoms. The summed E-state index contributed by atoms with van der Waals surface area (Å²) in [4.78, 5) is 37.0. The van der Waals surface area contributed by atoms with Crippen molar-refractivity contribution in [2.24, 2.45) is 18.4 Å². The number of rotatable bonds is 7. The highest BCUT2D eigenvalue weighted by atomic mass is 35.5. The zero-order valence-corrected chi connectivity index (χ0v) is 27.5. The highest BCUT2D eigenvalue weighted by molar-refractivity contribution is 6.39. The van der Waals surface area contributed by atoms with E-state index in [0.29, 0.717) is 39.9 Å². The van der Waals surface area contributed by atoms with Crippen LogP contribution in [-0.4, -0.2) is 57.8 Å². The van der Waals surface area contributed by atoms with Crippen molar-refractivity contribution in [2.45, 2.75) is 77.8 Å². The van der Waals surface area contributed by atoms with E-state index in [-0.39, 0.29) is 67.5 Å². The van der Waals surface area contributed by atoms with Gasteiger partial charge in [-0.1, -0.05) is 50.0 Å². The van der Waals surface area contributed by atoms with Gasteiger partial charge in [-0.05, 0) is 49.8 Å². The summed E-state index contributed by atoms with van der Waals surface area (Å²) in [6.45, 7) is 6.01. The molecule has 0 bridgehead atoms. The number of carbonyl (C=O) groups is 2. The summed E-state index contributed by atoms with van der Waals surface area (Å²) in [5.41, 5.74) is 1.33. The molecule has 2 aromatic heterocycles. The van der Waals surface area contributed by atoms with Gasteiger partial charge in [0.15, 0.2) is 5.65 Å². The van der Waals surface area contributed by atoms with Crippen LogP contribution in [0.2, 0.25) is 10.0 Å². The summed E-state index contributed by atoms with van der Waals surface area (Å²) in [7, 11) is 1.71. The number of pyridine rings is 1. The number of hydrogen-bond donors (Lipinski definition) is 3. The standard InChI is InChI=1S/C31H37Cl2F4N7O2/c1-30(2,3)28(46)38-14-16-5-10-21(32)24(23(16)33)41-29-40-22-13-20(25(42-26(22)43(29)4)44-12-11-18(34)15-44)27(45)39-19-8-6-17(7-9-19)31(35,36)37/h5,10,13,17-19H,6-9,11-12,14-15H2,1-4H3,(H,38,46)(H,39,45)(H,40,41)/t17?,18-,19?/m1/s1. The second-order valence-corrected chi connectivity index (χ2v) is 13.8. The molecular formula is C31H37Cl2F4N7O2. The molecule has 2 amide bonds. The minimum atomic E-state index is -4.25. The third kappa shape index (κ3) is 7.30. The number of imidazole rings is 1. The van der Waals surface area contributed by atoms with Crippen molar-refractivity contribution in [2.75, 3.05) is 23.3 Å². The molecule has 0 radical (unpaired) electrons. The van der Waals surface area contributed by atoms with Crippen LogP contribution in [0.25, 0.3) is 11.2 Å². The number of hydrogen-bond acceptors (Lipinski definition) is 6. The molecule has 3 N–H and O–H groups in total. The summed E-state index contributed by atoms with van der Waals surface area (Å²) in [5, 5.41) is 9.49. The smallest absolute Gasteiger partial charge is 0.353 e. The van der Waals surface area contributed by atoms with Crippen molar-refractivity contribution in [3.8, 4) is 0 Å². The van der Waals surface area contributed by atoms with Gasteiger partial charge in [0.2, 0.25) is 11.9 Å². The third-order valence-corrected chi connectivity index (χ3v) is 9.30. The first-order valence-electron chi connectivity index (χ1n) is 15.2. The first-order chi connectivity index (χ1) is 21.5. The fraction of sp³-hybridized carbons (Fsp3) is 0.548. The summed E-state index contributed by atoms with van der Waals surface area (Å²) in [5.74, 6) is -1.43.